The first-order chi connectivity index (χ1) is 21.6. The average molecular weight is 607 g/mol. The van der Waals surface area contributed by atoms with E-state index in [1.54, 1.807) is 0 Å². The van der Waals surface area contributed by atoms with Gasteiger partial charge >= 0.3 is 12.2 Å². The van der Waals surface area contributed by atoms with Crippen molar-refractivity contribution in [3.8, 4) is 0 Å². The van der Waals surface area contributed by atoms with Crippen molar-refractivity contribution in [2.75, 3.05) is 26.3 Å². The van der Waals surface area contributed by atoms with Crippen LogP contribution in [-0.2, 0) is 25.4 Å². The first-order valence-electron chi connectivity index (χ1n) is 16.1. The number of amides is 2. The molecule has 0 bridgehead atoms. The van der Waals surface area contributed by atoms with Crippen LogP contribution in [0.5, 0.6) is 0 Å². The Morgan fingerprint density at radius 1 is 0.955 bits per heavy atom. The molecule has 2 N–H and O–H groups in total. The first-order valence-corrected chi connectivity index (χ1v) is 16.1. The highest BCUT2D eigenvalue weighted by molar-refractivity contribution is 5.69. The van der Waals surface area contributed by atoms with Gasteiger partial charge in [0.15, 0.2) is 6.29 Å². The second-order valence-electron chi connectivity index (χ2n) is 12.0. The van der Waals surface area contributed by atoms with E-state index >= 15 is 0 Å². The van der Waals surface area contributed by atoms with Crippen LogP contribution in [-0.4, -0.2) is 73.0 Å². The lowest BCUT2D eigenvalue weighted by molar-refractivity contribution is -0.0907. The number of ether oxygens (including phenoxy) is 4. The van der Waals surface area contributed by atoms with Crippen LogP contribution in [0.25, 0.3) is 0 Å². The molecule has 2 aromatic rings. The standard InChI is InChI=1S/C35H46N2O7/c38-30(29(23-26-15-9-7-10-16-26)36-34(39)43-32-25-42-33-28(32)20-22-41-33)24-37-21-14-6-4-2-1-3-5-13-19-31(44-35(37)40)27-17-11-8-12-18-27/h6-12,14-18,28-33,38H,1-5,13,19-25H2,(H,36,39)/b14-6-/t28-,29?,30?,31?,32-,33+/m0/s1. The molecule has 0 aromatic heterocycles. The zero-order valence-corrected chi connectivity index (χ0v) is 25.4. The molecule has 2 aromatic carbocycles. The number of hydrogen-bond acceptors (Lipinski definition) is 7. The topological polar surface area (TPSA) is 107 Å². The van der Waals surface area contributed by atoms with E-state index < -0.39 is 30.4 Å². The largest absolute Gasteiger partial charge is 0.443 e. The molecule has 0 aliphatic carbocycles. The maximum absolute atomic E-state index is 13.7. The Balaban J connectivity index is 1.29. The van der Waals surface area contributed by atoms with E-state index in [0.717, 1.165) is 49.7 Å². The number of aliphatic hydroxyl groups is 1. The van der Waals surface area contributed by atoms with Crippen molar-refractivity contribution in [2.45, 2.75) is 88.4 Å². The molecule has 6 atom stereocenters. The fraction of sp³-hybridized carbons (Fsp3) is 0.543. The quantitative estimate of drug-likeness (QED) is 0.359. The van der Waals surface area contributed by atoms with Crippen LogP contribution in [0.3, 0.4) is 0 Å². The zero-order chi connectivity index (χ0) is 30.6. The van der Waals surface area contributed by atoms with Crippen LogP contribution in [0.2, 0.25) is 0 Å². The molecule has 5 rings (SSSR count). The molecule has 238 valence electrons. The molecular formula is C35H46N2O7. The molecule has 9 heteroatoms. The number of benzene rings is 2. The summed E-state index contributed by atoms with van der Waals surface area (Å²) in [6.45, 7) is 1.14. The summed E-state index contributed by atoms with van der Waals surface area (Å²) in [5, 5.41) is 14.5. The number of nitrogens with one attached hydrogen (secondary N) is 1. The maximum Gasteiger partial charge on any atom is 0.410 e. The smallest absolute Gasteiger partial charge is 0.410 e. The summed E-state index contributed by atoms with van der Waals surface area (Å²) in [6, 6.07) is 18.8. The van der Waals surface area contributed by atoms with Gasteiger partial charge in [-0.1, -0.05) is 92.1 Å². The van der Waals surface area contributed by atoms with Crippen molar-refractivity contribution in [3.05, 3.63) is 83.9 Å². The lowest BCUT2D eigenvalue weighted by Gasteiger charge is -2.31. The van der Waals surface area contributed by atoms with E-state index in [0.29, 0.717) is 19.6 Å². The van der Waals surface area contributed by atoms with Gasteiger partial charge in [0.25, 0.3) is 0 Å². The number of rotatable bonds is 8. The first kappa shape index (κ1) is 32.0. The molecule has 3 heterocycles. The molecular weight excluding hydrogens is 560 g/mol. The number of allylic oxidation sites excluding steroid dienone is 1. The average Bonchev–Trinajstić information content (AvgIpc) is 3.66. The minimum atomic E-state index is -1.08. The van der Waals surface area contributed by atoms with E-state index in [4.69, 9.17) is 18.9 Å². The van der Waals surface area contributed by atoms with Gasteiger partial charge in [-0.25, -0.2) is 9.59 Å². The second kappa shape index (κ2) is 16.6. The van der Waals surface area contributed by atoms with Gasteiger partial charge in [-0.2, -0.15) is 0 Å². The number of β-amino-alcohol motifs (C(OH)–C–C–N with tert-alkyl or cyclic N) is 1. The van der Waals surface area contributed by atoms with Crippen LogP contribution in [0.15, 0.2) is 72.8 Å². The number of hydrogen-bond donors (Lipinski definition) is 2. The summed E-state index contributed by atoms with van der Waals surface area (Å²) in [5.41, 5.74) is 1.90. The fourth-order valence-electron chi connectivity index (χ4n) is 6.20. The van der Waals surface area contributed by atoms with Gasteiger partial charge in [0.05, 0.1) is 37.8 Å². The molecule has 44 heavy (non-hydrogen) atoms. The molecule has 2 amide bonds. The van der Waals surface area contributed by atoms with E-state index in [9.17, 15) is 14.7 Å². The summed E-state index contributed by atoms with van der Waals surface area (Å²) in [4.78, 5) is 28.3. The summed E-state index contributed by atoms with van der Waals surface area (Å²) in [5.74, 6) is 0.00759. The highest BCUT2D eigenvalue weighted by Crippen LogP contribution is 2.33. The normalized spacial score (nSPS) is 26.9. The minimum Gasteiger partial charge on any atom is -0.443 e. The minimum absolute atomic E-state index is 0.00759. The molecule has 3 aliphatic heterocycles. The van der Waals surface area contributed by atoms with Crippen LogP contribution in [0.4, 0.5) is 9.59 Å². The van der Waals surface area contributed by atoms with Gasteiger partial charge in [-0.05, 0) is 49.7 Å². The lowest BCUT2D eigenvalue weighted by atomic mass is 10.0. The summed E-state index contributed by atoms with van der Waals surface area (Å²) in [6.07, 6.45) is 9.07. The number of cyclic esters (lactones) is 1. The molecule has 0 spiro atoms. The van der Waals surface area contributed by atoms with E-state index in [1.807, 2.05) is 66.7 Å². The Labute approximate surface area is 260 Å². The molecule has 3 aliphatic rings. The van der Waals surface area contributed by atoms with Crippen molar-refractivity contribution in [3.63, 3.8) is 0 Å². The van der Waals surface area contributed by atoms with Crippen molar-refractivity contribution in [1.82, 2.24) is 10.2 Å². The third kappa shape index (κ3) is 9.30. The highest BCUT2D eigenvalue weighted by atomic mass is 16.7. The number of aliphatic hydroxyl groups excluding tert-OH is 1. The Bertz CT molecular complexity index is 1190. The zero-order valence-electron chi connectivity index (χ0n) is 25.4. The summed E-state index contributed by atoms with van der Waals surface area (Å²) in [7, 11) is 0. The molecule has 3 unspecified atom stereocenters. The van der Waals surface area contributed by atoms with Gasteiger partial charge in [-0.3, -0.25) is 0 Å². The van der Waals surface area contributed by atoms with Gasteiger partial charge in [0, 0.05) is 6.54 Å². The van der Waals surface area contributed by atoms with Gasteiger partial charge in [0.1, 0.15) is 12.2 Å². The molecule has 2 fully saturated rings. The number of carbonyl (C=O) groups is 2. The van der Waals surface area contributed by atoms with Gasteiger partial charge in [0.2, 0.25) is 0 Å². The molecule has 2 saturated heterocycles. The predicted octanol–water partition coefficient (Wildman–Crippen LogP) is 5.93. The highest BCUT2D eigenvalue weighted by Gasteiger charge is 2.44. The van der Waals surface area contributed by atoms with Gasteiger partial charge in [-0.15, -0.1) is 0 Å². The fourth-order valence-corrected chi connectivity index (χ4v) is 6.20. The van der Waals surface area contributed by atoms with Crippen LogP contribution in [0.1, 0.15) is 68.6 Å². The van der Waals surface area contributed by atoms with E-state index in [-0.39, 0.29) is 31.5 Å². The van der Waals surface area contributed by atoms with E-state index in [1.165, 1.54) is 17.7 Å². The maximum atomic E-state index is 13.7. The molecule has 9 nitrogen and oxygen atoms in total. The Morgan fingerprint density at radius 3 is 2.52 bits per heavy atom. The van der Waals surface area contributed by atoms with Crippen molar-refractivity contribution in [2.24, 2.45) is 5.92 Å². The Hall–Kier alpha value is -3.40. The number of fused-ring (bicyclic) bond motifs is 1. The Kier molecular flexibility index (Phi) is 12.1. The third-order valence-electron chi connectivity index (χ3n) is 8.72. The molecule has 0 radical (unpaired) electrons. The number of alkyl carbamates (subject to hydrolysis) is 1. The predicted molar refractivity (Wildman–Crippen MR) is 166 cm³/mol. The summed E-state index contributed by atoms with van der Waals surface area (Å²) < 4.78 is 23.0. The second-order valence-corrected chi connectivity index (χ2v) is 12.0. The van der Waals surface area contributed by atoms with Crippen molar-refractivity contribution in [1.29, 1.82) is 0 Å². The van der Waals surface area contributed by atoms with Crippen molar-refractivity contribution < 1.29 is 33.6 Å². The number of nitrogens with zero attached hydrogens (tertiary/aromatic N) is 1. The van der Waals surface area contributed by atoms with Crippen LogP contribution in [0, 0.1) is 5.92 Å². The van der Waals surface area contributed by atoms with Crippen LogP contribution < -0.4 is 5.32 Å². The van der Waals surface area contributed by atoms with Crippen molar-refractivity contribution >= 4 is 12.2 Å². The number of carbonyl (C=O) groups excluding carboxylic acids is 2. The third-order valence-corrected chi connectivity index (χ3v) is 8.72. The Morgan fingerprint density at radius 2 is 1.70 bits per heavy atom. The molecule has 0 saturated carbocycles. The lowest BCUT2D eigenvalue weighted by Crippen LogP contribution is -2.51. The van der Waals surface area contributed by atoms with Crippen LogP contribution >= 0.6 is 0 Å². The monoisotopic (exact) mass is 606 g/mol. The van der Waals surface area contributed by atoms with Gasteiger partial charge < -0.3 is 34.3 Å². The summed E-state index contributed by atoms with van der Waals surface area (Å²) >= 11 is 0. The SMILES string of the molecule is O=C(NC(Cc1ccccc1)C(O)CN1C/C=C\CCCCCCCC(c2ccccc2)OC1=O)O[C@H]1CO[C@H]2OCC[C@H]21. The van der Waals surface area contributed by atoms with E-state index in [2.05, 4.69) is 11.4 Å².